The molecule has 0 radical (unpaired) electrons. The number of fused-ring (bicyclic) bond motifs is 8. The topological polar surface area (TPSA) is 36.9 Å². The molecule has 0 spiro atoms. The fraction of sp³-hybridized carbons (Fsp3) is 0.250. The highest BCUT2D eigenvalue weighted by molar-refractivity contribution is 5.55. The van der Waals surface area contributed by atoms with Gasteiger partial charge in [-0.15, -0.1) is 0 Å². The Morgan fingerprint density at radius 2 is 0.500 bits per heavy atom. The van der Waals surface area contributed by atoms with Crippen molar-refractivity contribution in [3.8, 4) is 23.0 Å². The fourth-order valence-electron chi connectivity index (χ4n) is 5.54. The molecule has 0 aliphatic heterocycles. The molecule has 5 rings (SSSR count). The highest BCUT2D eigenvalue weighted by Gasteiger charge is 2.20. The molecule has 1 aliphatic carbocycles. The van der Waals surface area contributed by atoms with E-state index in [1.54, 1.807) is 28.4 Å². The minimum atomic E-state index is 0.711. The normalized spacial score (nSPS) is 12.6. The van der Waals surface area contributed by atoms with Crippen LogP contribution in [0.3, 0.4) is 0 Å². The van der Waals surface area contributed by atoms with Gasteiger partial charge in [0.1, 0.15) is 23.0 Å². The first kappa shape index (κ1) is 23.8. The van der Waals surface area contributed by atoms with Crippen LogP contribution in [-0.4, -0.2) is 28.4 Å². The molecule has 1 aliphatic rings. The molecular formula is C32H32O4. The van der Waals surface area contributed by atoms with Gasteiger partial charge in [-0.25, -0.2) is 0 Å². The molecule has 0 heterocycles. The third-order valence-corrected chi connectivity index (χ3v) is 7.05. The summed E-state index contributed by atoms with van der Waals surface area (Å²) in [5, 5.41) is 0. The standard InChI is InChI=1S/C32H32O4/c1-33-29-21-9-5-10-22(29)18-24-12-7-14-26(31(24)35-3)20-28-16-8-15-27(32(28)36-4)19-25-13-6-11-23(17-21)30(25)34-2/h5-16H,17-20H2,1-4H3. The molecule has 0 amide bonds. The number of ether oxygens (including phenoxy) is 4. The molecule has 8 bridgehead atoms. The number of benzene rings is 4. The van der Waals surface area contributed by atoms with Crippen LogP contribution in [0.2, 0.25) is 0 Å². The average molecular weight is 481 g/mol. The summed E-state index contributed by atoms with van der Waals surface area (Å²) in [5.74, 6) is 3.65. The second kappa shape index (κ2) is 10.4. The summed E-state index contributed by atoms with van der Waals surface area (Å²) in [6, 6.07) is 25.5. The van der Waals surface area contributed by atoms with Crippen molar-refractivity contribution >= 4 is 0 Å². The zero-order valence-electron chi connectivity index (χ0n) is 21.4. The Morgan fingerprint density at radius 3 is 0.639 bits per heavy atom. The molecule has 0 unspecified atom stereocenters. The largest absolute Gasteiger partial charge is 0.496 e. The Morgan fingerprint density at radius 1 is 0.333 bits per heavy atom. The third-order valence-electron chi connectivity index (χ3n) is 7.05. The monoisotopic (exact) mass is 480 g/mol. The van der Waals surface area contributed by atoms with Gasteiger partial charge in [-0.05, 0) is 44.5 Å². The number of hydrogen-bond acceptors (Lipinski definition) is 4. The predicted octanol–water partition coefficient (Wildman–Crippen LogP) is 6.40. The summed E-state index contributed by atoms with van der Waals surface area (Å²) in [6.45, 7) is 0. The van der Waals surface area contributed by atoms with Crippen molar-refractivity contribution in [3.05, 3.63) is 117 Å². The van der Waals surface area contributed by atoms with Crippen molar-refractivity contribution in [2.45, 2.75) is 25.7 Å². The molecular weight excluding hydrogens is 448 g/mol. The van der Waals surface area contributed by atoms with E-state index >= 15 is 0 Å². The quantitative estimate of drug-likeness (QED) is 0.298. The van der Waals surface area contributed by atoms with E-state index in [0.717, 1.165) is 67.5 Å². The molecule has 4 aromatic carbocycles. The molecule has 4 aromatic rings. The zero-order valence-corrected chi connectivity index (χ0v) is 21.4. The van der Waals surface area contributed by atoms with Gasteiger partial charge in [-0.2, -0.15) is 0 Å². The van der Waals surface area contributed by atoms with Crippen LogP contribution >= 0.6 is 0 Å². The Balaban J connectivity index is 1.76. The van der Waals surface area contributed by atoms with Crippen LogP contribution in [-0.2, 0) is 25.7 Å². The van der Waals surface area contributed by atoms with Crippen molar-refractivity contribution in [3.63, 3.8) is 0 Å². The van der Waals surface area contributed by atoms with Gasteiger partial charge in [0.05, 0.1) is 28.4 Å². The van der Waals surface area contributed by atoms with Crippen LogP contribution in [0.15, 0.2) is 72.8 Å². The van der Waals surface area contributed by atoms with Crippen LogP contribution in [0.4, 0.5) is 0 Å². The number of methoxy groups -OCH3 is 4. The molecule has 0 saturated carbocycles. The molecule has 0 saturated heterocycles. The first-order valence-electron chi connectivity index (χ1n) is 12.3. The minimum absolute atomic E-state index is 0.711. The predicted molar refractivity (Wildman–Crippen MR) is 143 cm³/mol. The summed E-state index contributed by atoms with van der Waals surface area (Å²) >= 11 is 0. The summed E-state index contributed by atoms with van der Waals surface area (Å²) in [6.07, 6.45) is 2.84. The van der Waals surface area contributed by atoms with E-state index in [2.05, 4.69) is 72.8 Å². The van der Waals surface area contributed by atoms with Gasteiger partial charge in [0.2, 0.25) is 0 Å². The zero-order chi connectivity index (χ0) is 25.1. The van der Waals surface area contributed by atoms with Crippen LogP contribution in [0, 0.1) is 0 Å². The highest BCUT2D eigenvalue weighted by Crippen LogP contribution is 2.38. The number of rotatable bonds is 4. The second-order valence-corrected chi connectivity index (χ2v) is 9.15. The lowest BCUT2D eigenvalue weighted by atomic mass is 9.91. The van der Waals surface area contributed by atoms with E-state index in [1.807, 2.05) is 0 Å². The van der Waals surface area contributed by atoms with E-state index < -0.39 is 0 Å². The van der Waals surface area contributed by atoms with Gasteiger partial charge >= 0.3 is 0 Å². The maximum Gasteiger partial charge on any atom is 0.125 e. The highest BCUT2D eigenvalue weighted by atomic mass is 16.5. The van der Waals surface area contributed by atoms with E-state index in [0.29, 0.717) is 25.7 Å². The minimum Gasteiger partial charge on any atom is -0.496 e. The lowest BCUT2D eigenvalue weighted by Crippen LogP contribution is -2.06. The Hall–Kier alpha value is -3.92. The Kier molecular flexibility index (Phi) is 6.86. The van der Waals surface area contributed by atoms with Crippen molar-refractivity contribution in [2.24, 2.45) is 0 Å². The maximum absolute atomic E-state index is 5.98. The van der Waals surface area contributed by atoms with Crippen molar-refractivity contribution in [2.75, 3.05) is 28.4 Å². The van der Waals surface area contributed by atoms with Crippen LogP contribution in [0.25, 0.3) is 0 Å². The first-order chi connectivity index (χ1) is 17.7. The van der Waals surface area contributed by atoms with Crippen molar-refractivity contribution < 1.29 is 18.9 Å². The van der Waals surface area contributed by atoms with Gasteiger partial charge < -0.3 is 18.9 Å². The van der Waals surface area contributed by atoms with Gasteiger partial charge in [0, 0.05) is 25.7 Å². The molecule has 4 heteroatoms. The van der Waals surface area contributed by atoms with Gasteiger partial charge in [-0.3, -0.25) is 0 Å². The lowest BCUT2D eigenvalue weighted by Gasteiger charge is -2.20. The van der Waals surface area contributed by atoms with E-state index in [-0.39, 0.29) is 0 Å². The lowest BCUT2D eigenvalue weighted by molar-refractivity contribution is 0.395. The van der Waals surface area contributed by atoms with E-state index in [1.165, 1.54) is 0 Å². The molecule has 36 heavy (non-hydrogen) atoms. The smallest absolute Gasteiger partial charge is 0.125 e. The first-order valence-corrected chi connectivity index (χ1v) is 12.3. The van der Waals surface area contributed by atoms with E-state index in [9.17, 15) is 0 Å². The second-order valence-electron chi connectivity index (χ2n) is 9.15. The summed E-state index contributed by atoms with van der Waals surface area (Å²) in [4.78, 5) is 0. The maximum atomic E-state index is 5.98. The SMILES string of the molecule is COc1c2cccc1Cc1cccc(c1OC)Cc1cccc(c1OC)Cc1cccc(c1OC)C2. The van der Waals surface area contributed by atoms with Gasteiger partial charge in [0.25, 0.3) is 0 Å². The van der Waals surface area contributed by atoms with Gasteiger partial charge in [-0.1, -0.05) is 72.8 Å². The molecule has 0 fully saturated rings. The molecule has 0 N–H and O–H groups in total. The average Bonchev–Trinajstić information content (AvgIpc) is 2.89. The Labute approximate surface area is 213 Å². The number of hydrogen-bond donors (Lipinski definition) is 0. The van der Waals surface area contributed by atoms with Crippen molar-refractivity contribution in [1.82, 2.24) is 0 Å². The molecule has 184 valence electrons. The Bertz CT molecular complexity index is 1090. The fourth-order valence-corrected chi connectivity index (χ4v) is 5.54. The summed E-state index contributed by atoms with van der Waals surface area (Å²) in [5.41, 5.74) is 9.05. The van der Waals surface area contributed by atoms with Crippen LogP contribution in [0.5, 0.6) is 23.0 Å². The summed E-state index contributed by atoms with van der Waals surface area (Å²) in [7, 11) is 7.00. The molecule has 4 nitrogen and oxygen atoms in total. The van der Waals surface area contributed by atoms with E-state index in [4.69, 9.17) is 18.9 Å². The van der Waals surface area contributed by atoms with Crippen LogP contribution in [0.1, 0.15) is 44.5 Å². The van der Waals surface area contributed by atoms with Crippen molar-refractivity contribution in [1.29, 1.82) is 0 Å². The third kappa shape index (κ3) is 4.39. The number of para-hydroxylation sites is 4. The molecule has 0 atom stereocenters. The van der Waals surface area contributed by atoms with Gasteiger partial charge in [0.15, 0.2) is 0 Å². The van der Waals surface area contributed by atoms with Crippen LogP contribution < -0.4 is 18.9 Å². The summed E-state index contributed by atoms with van der Waals surface area (Å²) < 4.78 is 23.9. The molecule has 0 aromatic heterocycles.